The number of carbonyl (C=O) groups is 1. The van der Waals surface area contributed by atoms with Gasteiger partial charge in [0.25, 0.3) is 0 Å². The molecule has 3 heteroatoms. The standard InChI is InChI=1S/C16H11O2P/c1-2-15(17)18-16-10-8-13-12-6-4-3-5-11(12)7-9-14(13)19-16/h2-10H,1H2. The van der Waals surface area contributed by atoms with E-state index in [0.29, 0.717) is 5.48 Å². The number of carbonyl (C=O) groups excluding carboxylic acids is 1. The molecule has 2 nitrogen and oxygen atoms in total. The molecule has 0 atom stereocenters. The third kappa shape index (κ3) is 2.23. The molecule has 0 aliphatic carbocycles. The van der Waals surface area contributed by atoms with Crippen LogP contribution in [0.25, 0.3) is 21.3 Å². The summed E-state index contributed by atoms with van der Waals surface area (Å²) in [7, 11) is 0.908. The van der Waals surface area contributed by atoms with Crippen molar-refractivity contribution >= 4 is 35.4 Å². The van der Waals surface area contributed by atoms with Gasteiger partial charge < -0.3 is 4.74 Å². The zero-order chi connectivity index (χ0) is 13.2. The van der Waals surface area contributed by atoms with Gasteiger partial charge in [-0.05, 0) is 42.6 Å². The highest BCUT2D eigenvalue weighted by atomic mass is 31.0. The van der Waals surface area contributed by atoms with Crippen LogP contribution in [0.5, 0.6) is 5.48 Å². The van der Waals surface area contributed by atoms with Crippen LogP contribution in [0.4, 0.5) is 0 Å². The summed E-state index contributed by atoms with van der Waals surface area (Å²) in [5.74, 6) is -0.420. The van der Waals surface area contributed by atoms with Gasteiger partial charge in [-0.25, -0.2) is 4.79 Å². The molecule has 3 aromatic rings. The molecule has 0 aliphatic heterocycles. The van der Waals surface area contributed by atoms with Crippen LogP contribution in [0, 0.1) is 0 Å². The molecule has 0 spiro atoms. The molecule has 0 aliphatic rings. The Balaban J connectivity index is 2.17. The fourth-order valence-corrected chi connectivity index (χ4v) is 3.06. The van der Waals surface area contributed by atoms with Crippen molar-refractivity contribution in [2.75, 3.05) is 0 Å². The highest BCUT2D eigenvalue weighted by molar-refractivity contribution is 7.39. The lowest BCUT2D eigenvalue weighted by Crippen LogP contribution is -2.01. The number of hydrogen-bond acceptors (Lipinski definition) is 2. The van der Waals surface area contributed by atoms with Crippen LogP contribution in [-0.2, 0) is 4.79 Å². The van der Waals surface area contributed by atoms with Gasteiger partial charge in [0.2, 0.25) is 0 Å². The Morgan fingerprint density at radius 1 is 1.05 bits per heavy atom. The Bertz CT molecular complexity index is 793. The van der Waals surface area contributed by atoms with Crippen LogP contribution in [0.15, 0.2) is 61.2 Å². The highest BCUT2D eigenvalue weighted by Gasteiger charge is 2.04. The maximum atomic E-state index is 11.2. The molecule has 0 bridgehead atoms. The Morgan fingerprint density at radius 3 is 2.74 bits per heavy atom. The second kappa shape index (κ2) is 4.83. The van der Waals surface area contributed by atoms with Crippen molar-refractivity contribution in [1.29, 1.82) is 0 Å². The van der Waals surface area contributed by atoms with Crippen molar-refractivity contribution in [3.8, 4) is 5.48 Å². The summed E-state index contributed by atoms with van der Waals surface area (Å²) in [5, 5.41) is 4.77. The first-order chi connectivity index (χ1) is 9.28. The number of fused-ring (bicyclic) bond motifs is 3. The van der Waals surface area contributed by atoms with Gasteiger partial charge in [-0.2, -0.15) is 0 Å². The largest absolute Gasteiger partial charge is 0.418 e. The zero-order valence-corrected chi connectivity index (χ0v) is 11.1. The van der Waals surface area contributed by atoms with E-state index in [-0.39, 0.29) is 0 Å². The van der Waals surface area contributed by atoms with Gasteiger partial charge in [-0.1, -0.05) is 36.9 Å². The maximum absolute atomic E-state index is 11.2. The summed E-state index contributed by atoms with van der Waals surface area (Å²) in [5.41, 5.74) is 0.632. The lowest BCUT2D eigenvalue weighted by atomic mass is 10.1. The highest BCUT2D eigenvalue weighted by Crippen LogP contribution is 2.36. The number of ether oxygens (including phenoxy) is 1. The average Bonchev–Trinajstić information content (AvgIpc) is 2.46. The summed E-state index contributed by atoms with van der Waals surface area (Å²) >= 11 is 0. The second-order valence-corrected chi connectivity index (χ2v) is 5.27. The van der Waals surface area contributed by atoms with Gasteiger partial charge in [0.1, 0.15) is 0 Å². The minimum absolute atomic E-state index is 0.420. The van der Waals surface area contributed by atoms with Crippen molar-refractivity contribution in [3.63, 3.8) is 0 Å². The fourth-order valence-electron chi connectivity index (χ4n) is 2.07. The molecule has 0 amide bonds. The first-order valence-electron chi connectivity index (χ1n) is 5.91. The van der Waals surface area contributed by atoms with E-state index in [4.69, 9.17) is 4.74 Å². The van der Waals surface area contributed by atoms with Gasteiger partial charge in [-0.3, -0.25) is 0 Å². The number of esters is 1. The molecule has 0 fully saturated rings. The topological polar surface area (TPSA) is 26.3 Å². The molecule has 19 heavy (non-hydrogen) atoms. The molecule has 0 unspecified atom stereocenters. The SMILES string of the molecule is C=CC(=O)Oc1ccc2c(ccc3ccccc32)p1. The van der Waals surface area contributed by atoms with E-state index in [2.05, 4.69) is 30.8 Å². The quantitative estimate of drug-likeness (QED) is 0.383. The Morgan fingerprint density at radius 2 is 1.89 bits per heavy atom. The Kier molecular flexibility index (Phi) is 3.02. The summed E-state index contributed by atoms with van der Waals surface area (Å²) in [6, 6.07) is 16.3. The molecule has 0 saturated heterocycles. The zero-order valence-electron chi connectivity index (χ0n) is 10.2. The smallest absolute Gasteiger partial charge is 0.335 e. The normalized spacial score (nSPS) is 10.9. The van der Waals surface area contributed by atoms with Crippen LogP contribution in [-0.4, -0.2) is 5.97 Å². The van der Waals surface area contributed by atoms with Crippen molar-refractivity contribution in [2.45, 2.75) is 0 Å². The summed E-state index contributed by atoms with van der Waals surface area (Å²) in [6.07, 6.45) is 1.17. The van der Waals surface area contributed by atoms with Gasteiger partial charge in [0.15, 0.2) is 5.48 Å². The second-order valence-electron chi connectivity index (χ2n) is 4.13. The van der Waals surface area contributed by atoms with Crippen LogP contribution < -0.4 is 4.74 Å². The molecule has 92 valence electrons. The summed E-state index contributed by atoms with van der Waals surface area (Å²) in [6.45, 7) is 3.40. The molecule has 3 rings (SSSR count). The van der Waals surface area contributed by atoms with E-state index >= 15 is 0 Å². The maximum Gasteiger partial charge on any atom is 0.335 e. The molecular weight excluding hydrogens is 255 g/mol. The van der Waals surface area contributed by atoms with E-state index in [1.54, 1.807) is 0 Å². The number of benzene rings is 2. The van der Waals surface area contributed by atoms with E-state index in [1.165, 1.54) is 22.2 Å². The molecular formula is C16H11O2P. The monoisotopic (exact) mass is 266 g/mol. The third-order valence-electron chi connectivity index (χ3n) is 2.94. The number of rotatable bonds is 2. The Labute approximate surface area is 112 Å². The first-order valence-corrected chi connectivity index (χ1v) is 6.80. The molecule has 0 N–H and O–H groups in total. The van der Waals surface area contributed by atoms with Crippen molar-refractivity contribution < 1.29 is 9.53 Å². The molecule has 0 saturated carbocycles. The van der Waals surface area contributed by atoms with Crippen molar-refractivity contribution in [1.82, 2.24) is 0 Å². The Hall–Kier alpha value is -2.18. The minimum atomic E-state index is -0.420. The third-order valence-corrected chi connectivity index (χ3v) is 4.03. The minimum Gasteiger partial charge on any atom is -0.418 e. The predicted molar refractivity (Wildman–Crippen MR) is 79.8 cm³/mol. The van der Waals surface area contributed by atoms with Gasteiger partial charge in [0, 0.05) is 11.2 Å². The number of hydrogen-bond donors (Lipinski definition) is 0. The van der Waals surface area contributed by atoms with E-state index in [9.17, 15) is 4.79 Å². The van der Waals surface area contributed by atoms with E-state index in [0.717, 1.165) is 13.3 Å². The van der Waals surface area contributed by atoms with E-state index in [1.807, 2.05) is 24.3 Å². The van der Waals surface area contributed by atoms with Crippen LogP contribution >= 0.6 is 8.19 Å². The lowest BCUT2D eigenvalue weighted by Gasteiger charge is -2.05. The van der Waals surface area contributed by atoms with Gasteiger partial charge >= 0.3 is 5.97 Å². The fraction of sp³-hybridized carbons (Fsp3) is 0. The average molecular weight is 266 g/mol. The van der Waals surface area contributed by atoms with Crippen LogP contribution in [0.3, 0.4) is 0 Å². The first kappa shape index (κ1) is 11.9. The predicted octanol–water partition coefficient (Wildman–Crippen LogP) is 4.66. The molecule has 1 aromatic heterocycles. The molecule has 2 aromatic carbocycles. The molecule has 0 radical (unpaired) electrons. The lowest BCUT2D eigenvalue weighted by molar-refractivity contribution is -0.128. The van der Waals surface area contributed by atoms with E-state index < -0.39 is 5.97 Å². The van der Waals surface area contributed by atoms with Gasteiger partial charge in [-0.15, -0.1) is 0 Å². The van der Waals surface area contributed by atoms with Crippen molar-refractivity contribution in [2.24, 2.45) is 0 Å². The van der Waals surface area contributed by atoms with Gasteiger partial charge in [0.05, 0.1) is 0 Å². The van der Waals surface area contributed by atoms with Crippen molar-refractivity contribution in [3.05, 3.63) is 61.2 Å². The summed E-state index contributed by atoms with van der Waals surface area (Å²) < 4.78 is 5.17. The van der Waals surface area contributed by atoms with Crippen LogP contribution in [0.2, 0.25) is 0 Å². The van der Waals surface area contributed by atoms with Crippen LogP contribution in [0.1, 0.15) is 0 Å². The molecule has 1 heterocycles. The summed E-state index contributed by atoms with van der Waals surface area (Å²) in [4.78, 5) is 11.2.